The van der Waals surface area contributed by atoms with Crippen LogP contribution in [0, 0.1) is 17.8 Å². The van der Waals surface area contributed by atoms with Gasteiger partial charge < -0.3 is 0 Å². The Kier molecular flexibility index (Phi) is 4.38. The van der Waals surface area contributed by atoms with Gasteiger partial charge in [0.2, 0.25) is 0 Å². The monoisotopic (exact) mass is 204 g/mol. The minimum absolute atomic E-state index is 0.738. The third-order valence-electron chi connectivity index (χ3n) is 3.60. The zero-order valence-electron chi connectivity index (χ0n) is 10.4. The summed E-state index contributed by atoms with van der Waals surface area (Å²) in [5.74, 6) is 2.31. The van der Waals surface area contributed by atoms with Crippen LogP contribution in [-0.2, 0) is 0 Å². The highest BCUT2D eigenvalue weighted by Gasteiger charge is 2.26. The predicted molar refractivity (Wildman–Crippen MR) is 68.8 cm³/mol. The van der Waals surface area contributed by atoms with Crippen molar-refractivity contribution in [2.24, 2.45) is 17.8 Å². The van der Waals surface area contributed by atoms with Crippen molar-refractivity contribution in [3.05, 3.63) is 36.5 Å². The molecule has 0 nitrogen and oxygen atoms in total. The standard InChI is InChI=1S/C15H24/c1-6-13(7-2)15-10-12(5)8-9-14(15)11(3)4/h6-7,11-12,14H,1-2,8-10H2,3-5H3/t12-,14+/m1/s1. The van der Waals surface area contributed by atoms with Crippen LogP contribution in [0.25, 0.3) is 0 Å². The normalized spacial score (nSPS) is 26.5. The van der Waals surface area contributed by atoms with E-state index in [2.05, 4.69) is 33.9 Å². The Morgan fingerprint density at radius 3 is 2.33 bits per heavy atom. The molecular weight excluding hydrogens is 180 g/mol. The van der Waals surface area contributed by atoms with Gasteiger partial charge in [-0.3, -0.25) is 0 Å². The Morgan fingerprint density at radius 1 is 1.27 bits per heavy atom. The maximum absolute atomic E-state index is 3.90. The van der Waals surface area contributed by atoms with Crippen molar-refractivity contribution in [1.29, 1.82) is 0 Å². The SMILES string of the molecule is C=CC(C=C)=C1C[C@H](C)CC[C@H]1C(C)C. The number of allylic oxidation sites excluding steroid dienone is 4. The first-order valence-electron chi connectivity index (χ1n) is 6.08. The fraction of sp³-hybridized carbons (Fsp3) is 0.600. The summed E-state index contributed by atoms with van der Waals surface area (Å²) in [5.41, 5.74) is 2.87. The summed E-state index contributed by atoms with van der Waals surface area (Å²) in [4.78, 5) is 0. The average molecular weight is 204 g/mol. The number of rotatable bonds is 3. The summed E-state index contributed by atoms with van der Waals surface area (Å²) in [5, 5.41) is 0. The van der Waals surface area contributed by atoms with Crippen LogP contribution in [0.4, 0.5) is 0 Å². The Bertz CT molecular complexity index is 258. The molecule has 2 atom stereocenters. The summed E-state index contributed by atoms with van der Waals surface area (Å²) in [6, 6.07) is 0. The van der Waals surface area contributed by atoms with Crippen molar-refractivity contribution in [2.75, 3.05) is 0 Å². The zero-order valence-corrected chi connectivity index (χ0v) is 10.4. The highest BCUT2D eigenvalue weighted by Crippen LogP contribution is 2.39. The van der Waals surface area contributed by atoms with Crippen LogP contribution >= 0.6 is 0 Å². The van der Waals surface area contributed by atoms with Gasteiger partial charge in [-0.2, -0.15) is 0 Å². The molecule has 0 aliphatic heterocycles. The molecule has 84 valence electrons. The highest BCUT2D eigenvalue weighted by molar-refractivity contribution is 5.35. The first-order chi connectivity index (χ1) is 7.10. The van der Waals surface area contributed by atoms with Gasteiger partial charge in [-0.25, -0.2) is 0 Å². The van der Waals surface area contributed by atoms with E-state index < -0.39 is 0 Å². The maximum Gasteiger partial charge on any atom is -0.0171 e. The van der Waals surface area contributed by atoms with Crippen LogP contribution in [0.15, 0.2) is 36.5 Å². The highest BCUT2D eigenvalue weighted by atomic mass is 14.3. The van der Waals surface area contributed by atoms with E-state index >= 15 is 0 Å². The van der Waals surface area contributed by atoms with Gasteiger partial charge in [0, 0.05) is 0 Å². The van der Waals surface area contributed by atoms with Crippen molar-refractivity contribution >= 4 is 0 Å². The molecular formula is C15H24. The first kappa shape index (κ1) is 12.3. The van der Waals surface area contributed by atoms with E-state index in [1.165, 1.54) is 24.8 Å². The van der Waals surface area contributed by atoms with Crippen molar-refractivity contribution < 1.29 is 0 Å². The third kappa shape index (κ3) is 2.84. The molecule has 0 radical (unpaired) electrons. The van der Waals surface area contributed by atoms with E-state index in [9.17, 15) is 0 Å². The van der Waals surface area contributed by atoms with Crippen LogP contribution in [0.5, 0.6) is 0 Å². The molecule has 0 saturated heterocycles. The van der Waals surface area contributed by atoms with Gasteiger partial charge in [-0.1, -0.05) is 51.7 Å². The molecule has 0 bridgehead atoms. The van der Waals surface area contributed by atoms with E-state index in [-0.39, 0.29) is 0 Å². The number of hydrogen-bond acceptors (Lipinski definition) is 0. The molecule has 0 unspecified atom stereocenters. The van der Waals surface area contributed by atoms with E-state index in [1.807, 2.05) is 12.2 Å². The van der Waals surface area contributed by atoms with Crippen molar-refractivity contribution in [2.45, 2.75) is 40.0 Å². The molecule has 0 aromatic heterocycles. The van der Waals surface area contributed by atoms with Gasteiger partial charge in [-0.05, 0) is 42.6 Å². The molecule has 0 aromatic carbocycles. The molecule has 1 fully saturated rings. The van der Waals surface area contributed by atoms with Crippen LogP contribution in [-0.4, -0.2) is 0 Å². The Morgan fingerprint density at radius 2 is 1.87 bits per heavy atom. The largest absolute Gasteiger partial charge is 0.0985 e. The van der Waals surface area contributed by atoms with Gasteiger partial charge in [0.05, 0.1) is 0 Å². The molecule has 0 heteroatoms. The van der Waals surface area contributed by atoms with Gasteiger partial charge in [0.15, 0.2) is 0 Å². The van der Waals surface area contributed by atoms with Crippen molar-refractivity contribution in [3.63, 3.8) is 0 Å². The van der Waals surface area contributed by atoms with Crippen LogP contribution in [0.2, 0.25) is 0 Å². The molecule has 0 amide bonds. The second-order valence-electron chi connectivity index (χ2n) is 5.13. The molecule has 0 heterocycles. The lowest BCUT2D eigenvalue weighted by atomic mass is 9.72. The van der Waals surface area contributed by atoms with Gasteiger partial charge in [-0.15, -0.1) is 0 Å². The Labute approximate surface area is 94.8 Å². The van der Waals surface area contributed by atoms with Crippen molar-refractivity contribution in [3.8, 4) is 0 Å². The third-order valence-corrected chi connectivity index (χ3v) is 3.60. The molecule has 1 rings (SSSR count). The van der Waals surface area contributed by atoms with Crippen LogP contribution in [0.1, 0.15) is 40.0 Å². The smallest absolute Gasteiger partial charge is 0.0171 e. The zero-order chi connectivity index (χ0) is 11.4. The minimum atomic E-state index is 0.738. The molecule has 1 aliphatic carbocycles. The quantitative estimate of drug-likeness (QED) is 0.622. The molecule has 1 aliphatic rings. The predicted octanol–water partition coefficient (Wildman–Crippen LogP) is 4.75. The van der Waals surface area contributed by atoms with Gasteiger partial charge in [0.25, 0.3) is 0 Å². The lowest BCUT2D eigenvalue weighted by Gasteiger charge is -2.33. The summed E-state index contributed by atoms with van der Waals surface area (Å²) < 4.78 is 0. The fourth-order valence-corrected chi connectivity index (χ4v) is 2.68. The molecule has 0 aromatic rings. The molecule has 1 saturated carbocycles. The van der Waals surface area contributed by atoms with Crippen molar-refractivity contribution in [1.82, 2.24) is 0 Å². The van der Waals surface area contributed by atoms with E-state index in [4.69, 9.17) is 0 Å². The van der Waals surface area contributed by atoms with Gasteiger partial charge >= 0.3 is 0 Å². The average Bonchev–Trinajstić information content (AvgIpc) is 2.19. The molecule has 15 heavy (non-hydrogen) atoms. The Balaban J connectivity index is 3.01. The summed E-state index contributed by atoms with van der Waals surface area (Å²) in [6.45, 7) is 14.8. The summed E-state index contributed by atoms with van der Waals surface area (Å²) in [7, 11) is 0. The van der Waals surface area contributed by atoms with Crippen LogP contribution in [0.3, 0.4) is 0 Å². The van der Waals surface area contributed by atoms with E-state index in [0.717, 1.165) is 17.8 Å². The molecule has 0 spiro atoms. The van der Waals surface area contributed by atoms with E-state index in [0.29, 0.717) is 0 Å². The maximum atomic E-state index is 3.90. The topological polar surface area (TPSA) is 0 Å². The summed E-state index contributed by atoms with van der Waals surface area (Å²) in [6.07, 6.45) is 7.87. The van der Waals surface area contributed by atoms with Gasteiger partial charge in [0.1, 0.15) is 0 Å². The number of hydrogen-bond donors (Lipinski definition) is 0. The molecule has 0 N–H and O–H groups in total. The second kappa shape index (κ2) is 5.34. The lowest BCUT2D eigenvalue weighted by molar-refractivity contribution is 0.306. The lowest BCUT2D eigenvalue weighted by Crippen LogP contribution is -2.21. The first-order valence-corrected chi connectivity index (χ1v) is 6.08. The Hall–Kier alpha value is -0.780. The van der Waals surface area contributed by atoms with E-state index in [1.54, 1.807) is 5.57 Å². The fourth-order valence-electron chi connectivity index (χ4n) is 2.68. The second-order valence-corrected chi connectivity index (χ2v) is 5.13. The summed E-state index contributed by atoms with van der Waals surface area (Å²) >= 11 is 0. The minimum Gasteiger partial charge on any atom is -0.0985 e. The van der Waals surface area contributed by atoms with Crippen LogP contribution < -0.4 is 0 Å².